The summed E-state index contributed by atoms with van der Waals surface area (Å²) >= 11 is 0. The average molecular weight is 401 g/mol. The molecule has 2 N–H and O–H groups in total. The second-order valence-electron chi connectivity index (χ2n) is 6.22. The quantitative estimate of drug-likeness (QED) is 0.524. The minimum absolute atomic E-state index is 0.00716. The van der Waals surface area contributed by atoms with Crippen molar-refractivity contribution in [2.24, 2.45) is 4.99 Å². The molecule has 1 amide bonds. The van der Waals surface area contributed by atoms with Gasteiger partial charge in [-0.25, -0.2) is 9.97 Å². The molecule has 0 radical (unpaired) electrons. The van der Waals surface area contributed by atoms with Gasteiger partial charge in [0.05, 0.1) is 13.0 Å². The van der Waals surface area contributed by atoms with E-state index in [2.05, 4.69) is 25.6 Å². The van der Waals surface area contributed by atoms with Gasteiger partial charge in [0.25, 0.3) is 0 Å². The summed E-state index contributed by atoms with van der Waals surface area (Å²) in [7, 11) is 0. The summed E-state index contributed by atoms with van der Waals surface area (Å²) in [6, 6.07) is 1.75. The molecule has 1 aromatic heterocycles. The normalized spacial score (nSPS) is 15.5. The predicted molar refractivity (Wildman–Crippen MR) is 100 cm³/mol. The molecule has 1 aromatic rings. The lowest BCUT2D eigenvalue weighted by Gasteiger charge is -2.34. The van der Waals surface area contributed by atoms with Gasteiger partial charge in [-0.15, -0.1) is 0 Å². The highest BCUT2D eigenvalue weighted by Crippen LogP contribution is 2.18. The Morgan fingerprint density at radius 2 is 1.86 bits per heavy atom. The Morgan fingerprint density at radius 3 is 2.46 bits per heavy atom. The first-order valence-corrected chi connectivity index (χ1v) is 9.27. The van der Waals surface area contributed by atoms with Crippen molar-refractivity contribution >= 4 is 17.8 Å². The topological polar surface area (TPSA) is 85.8 Å². The summed E-state index contributed by atoms with van der Waals surface area (Å²) in [5, 5.41) is 5.78. The highest BCUT2D eigenvalue weighted by molar-refractivity contribution is 5.81. The molecule has 0 bridgehead atoms. The van der Waals surface area contributed by atoms with Crippen LogP contribution in [0.1, 0.15) is 19.8 Å². The number of carbonyl (C=O) groups excluding carboxylic acids is 1. The van der Waals surface area contributed by atoms with Gasteiger partial charge < -0.3 is 20.4 Å². The summed E-state index contributed by atoms with van der Waals surface area (Å²) < 4.78 is 36.7. The molecular weight excluding hydrogens is 375 g/mol. The molecule has 0 aromatic carbocycles. The van der Waals surface area contributed by atoms with Crippen molar-refractivity contribution in [1.29, 1.82) is 0 Å². The molecule has 2 rings (SSSR count). The molecule has 0 saturated carbocycles. The lowest BCUT2D eigenvalue weighted by Crippen LogP contribution is -2.50. The van der Waals surface area contributed by atoms with Gasteiger partial charge in [-0.2, -0.15) is 13.2 Å². The Balaban J connectivity index is 1.71. The number of halogens is 3. The summed E-state index contributed by atoms with van der Waals surface area (Å²) in [6.07, 6.45) is -1.60. The molecule has 8 nitrogen and oxygen atoms in total. The Morgan fingerprint density at radius 1 is 1.18 bits per heavy atom. The van der Waals surface area contributed by atoms with Gasteiger partial charge >= 0.3 is 6.18 Å². The number of anilines is 1. The summed E-state index contributed by atoms with van der Waals surface area (Å²) in [5.41, 5.74) is 0. The Hall–Kier alpha value is -2.59. The van der Waals surface area contributed by atoms with E-state index in [1.807, 2.05) is 11.8 Å². The fourth-order valence-corrected chi connectivity index (χ4v) is 2.69. The second kappa shape index (κ2) is 10.7. The fourth-order valence-electron chi connectivity index (χ4n) is 2.69. The standard InChI is InChI=1S/C17H26F3N7O/c1-2-21-15(23-9-5-17(18,19)20)22-8-4-14(28)26-10-12-27(13-11-26)16-24-6-3-7-25-16/h3,6-7H,2,4-5,8-13H2,1H3,(H2,21,22,23). The highest BCUT2D eigenvalue weighted by atomic mass is 19.4. The molecule has 156 valence electrons. The molecule has 2 heterocycles. The van der Waals surface area contributed by atoms with Crippen LogP contribution >= 0.6 is 0 Å². The van der Waals surface area contributed by atoms with Crippen LogP contribution in [0.4, 0.5) is 19.1 Å². The maximum absolute atomic E-state index is 12.4. The number of alkyl halides is 3. The van der Waals surface area contributed by atoms with E-state index in [0.29, 0.717) is 45.2 Å². The lowest BCUT2D eigenvalue weighted by atomic mass is 10.3. The summed E-state index contributed by atoms with van der Waals surface area (Å²) in [5.74, 6) is 0.930. The van der Waals surface area contributed by atoms with Crippen LogP contribution in [0.3, 0.4) is 0 Å². The third-order valence-corrected chi connectivity index (χ3v) is 4.11. The van der Waals surface area contributed by atoms with Gasteiger partial charge in [-0.3, -0.25) is 9.79 Å². The number of nitrogens with one attached hydrogen (secondary N) is 2. The van der Waals surface area contributed by atoms with E-state index in [9.17, 15) is 18.0 Å². The molecule has 0 aliphatic carbocycles. The first-order chi connectivity index (χ1) is 13.4. The van der Waals surface area contributed by atoms with E-state index in [4.69, 9.17) is 0 Å². The summed E-state index contributed by atoms with van der Waals surface area (Å²) in [4.78, 5) is 28.5. The van der Waals surface area contributed by atoms with Crippen LogP contribution in [-0.2, 0) is 4.79 Å². The molecule has 0 spiro atoms. The minimum atomic E-state index is -4.23. The Bertz CT molecular complexity index is 631. The van der Waals surface area contributed by atoms with Gasteiger partial charge in [0.15, 0.2) is 5.96 Å². The Labute approximate surface area is 162 Å². The van der Waals surface area contributed by atoms with Crippen molar-refractivity contribution in [1.82, 2.24) is 25.5 Å². The van der Waals surface area contributed by atoms with Crippen LogP contribution in [0.5, 0.6) is 0 Å². The van der Waals surface area contributed by atoms with Crippen molar-refractivity contribution in [2.75, 3.05) is 50.7 Å². The van der Waals surface area contributed by atoms with E-state index >= 15 is 0 Å². The van der Waals surface area contributed by atoms with Crippen molar-refractivity contribution in [2.45, 2.75) is 25.9 Å². The van der Waals surface area contributed by atoms with Crippen molar-refractivity contribution < 1.29 is 18.0 Å². The number of aliphatic imine (C=N–C) groups is 1. The SMILES string of the molecule is CCNC(=NCCC(F)(F)F)NCCC(=O)N1CCN(c2ncccn2)CC1. The van der Waals surface area contributed by atoms with Crippen molar-refractivity contribution in [3.05, 3.63) is 18.5 Å². The maximum Gasteiger partial charge on any atom is 0.390 e. The van der Waals surface area contributed by atoms with Gasteiger partial charge in [0.2, 0.25) is 11.9 Å². The van der Waals surface area contributed by atoms with E-state index in [-0.39, 0.29) is 24.8 Å². The number of amides is 1. The molecule has 0 unspecified atom stereocenters. The van der Waals surface area contributed by atoms with Gasteiger partial charge in [-0.1, -0.05) is 0 Å². The number of carbonyl (C=O) groups is 1. The number of hydrogen-bond acceptors (Lipinski definition) is 5. The Kier molecular flexibility index (Phi) is 8.27. The number of piperazine rings is 1. The monoisotopic (exact) mass is 401 g/mol. The average Bonchev–Trinajstić information content (AvgIpc) is 2.68. The maximum atomic E-state index is 12.4. The third kappa shape index (κ3) is 7.57. The third-order valence-electron chi connectivity index (χ3n) is 4.11. The minimum Gasteiger partial charge on any atom is -0.357 e. The van der Waals surface area contributed by atoms with Crippen LogP contribution in [0.2, 0.25) is 0 Å². The molecule has 1 saturated heterocycles. The van der Waals surface area contributed by atoms with E-state index in [0.717, 1.165) is 0 Å². The van der Waals surface area contributed by atoms with E-state index in [1.54, 1.807) is 23.4 Å². The fraction of sp³-hybridized carbons (Fsp3) is 0.647. The number of nitrogens with zero attached hydrogens (tertiary/aromatic N) is 5. The number of rotatable bonds is 7. The molecule has 1 aliphatic rings. The van der Waals surface area contributed by atoms with E-state index in [1.165, 1.54) is 0 Å². The number of guanidine groups is 1. The molecule has 28 heavy (non-hydrogen) atoms. The van der Waals surface area contributed by atoms with Crippen LogP contribution in [0, 0.1) is 0 Å². The largest absolute Gasteiger partial charge is 0.390 e. The number of hydrogen-bond donors (Lipinski definition) is 2. The molecule has 11 heteroatoms. The lowest BCUT2D eigenvalue weighted by molar-refractivity contribution is -0.132. The smallest absolute Gasteiger partial charge is 0.357 e. The van der Waals surface area contributed by atoms with Gasteiger partial charge in [0, 0.05) is 58.1 Å². The summed E-state index contributed by atoms with van der Waals surface area (Å²) in [6.45, 7) is 4.77. The van der Waals surface area contributed by atoms with Crippen LogP contribution in [0.15, 0.2) is 23.5 Å². The first-order valence-electron chi connectivity index (χ1n) is 9.27. The van der Waals surface area contributed by atoms with Crippen LogP contribution in [0.25, 0.3) is 0 Å². The van der Waals surface area contributed by atoms with Crippen LogP contribution in [-0.4, -0.2) is 78.7 Å². The molecule has 1 aliphatic heterocycles. The number of aromatic nitrogens is 2. The van der Waals surface area contributed by atoms with Gasteiger partial charge in [-0.05, 0) is 13.0 Å². The highest BCUT2D eigenvalue weighted by Gasteiger charge is 2.26. The molecule has 1 fully saturated rings. The first kappa shape index (κ1) is 21.7. The molecular formula is C17H26F3N7O. The zero-order valence-corrected chi connectivity index (χ0v) is 15.9. The zero-order chi connectivity index (χ0) is 20.4. The van der Waals surface area contributed by atoms with Crippen molar-refractivity contribution in [3.63, 3.8) is 0 Å². The zero-order valence-electron chi connectivity index (χ0n) is 15.9. The van der Waals surface area contributed by atoms with E-state index < -0.39 is 12.6 Å². The van der Waals surface area contributed by atoms with Crippen LogP contribution < -0.4 is 15.5 Å². The molecule has 0 atom stereocenters. The van der Waals surface area contributed by atoms with Gasteiger partial charge in [0.1, 0.15) is 0 Å². The van der Waals surface area contributed by atoms with Crippen molar-refractivity contribution in [3.8, 4) is 0 Å². The predicted octanol–water partition coefficient (Wildman–Crippen LogP) is 1.02. The second-order valence-corrected chi connectivity index (χ2v) is 6.22.